The smallest absolute Gasteiger partial charge is 0.240 e. The fraction of sp³-hybridized carbons (Fsp3) is 0.769. The van der Waals surface area contributed by atoms with Crippen LogP contribution in [-0.4, -0.2) is 91.5 Å². The third-order valence-corrected chi connectivity index (χ3v) is 6.59. The summed E-state index contributed by atoms with van der Waals surface area (Å²) in [4.78, 5) is 13.8. The molecular weight excluding hydrogens is 370 g/mol. The summed E-state index contributed by atoms with van der Waals surface area (Å²) in [5.74, 6) is -0.853. The van der Waals surface area contributed by atoms with E-state index in [1.54, 1.807) is 12.0 Å². The topological polar surface area (TPSA) is 125 Å². The molecule has 0 aliphatic carbocycles. The molecule has 1 fully saturated rings. The highest BCUT2D eigenvalue weighted by atomic mass is 32.2. The molecule has 1 amide bonds. The first kappa shape index (κ1) is 20.1. The molecule has 0 saturated carbocycles. The van der Waals surface area contributed by atoms with Crippen molar-refractivity contribution in [3.63, 3.8) is 0 Å². The predicted octanol–water partition coefficient (Wildman–Crippen LogP) is -1.19. The largest absolute Gasteiger partial charge is 0.391 e. The molecule has 1 aliphatic rings. The van der Waals surface area contributed by atoms with Crippen molar-refractivity contribution >= 4 is 32.4 Å². The van der Waals surface area contributed by atoms with Crippen molar-refractivity contribution in [1.29, 1.82) is 0 Å². The minimum Gasteiger partial charge on any atom is -0.391 e. The Morgan fingerprint density at radius 1 is 1.44 bits per heavy atom. The number of ether oxygens (including phenoxy) is 1. The number of amides is 1. The van der Waals surface area contributed by atoms with Crippen LogP contribution in [0.15, 0.2) is 0 Å². The van der Waals surface area contributed by atoms with Crippen molar-refractivity contribution in [2.75, 3.05) is 51.9 Å². The summed E-state index contributed by atoms with van der Waals surface area (Å²) in [6.07, 6.45) is -0.780. The number of aliphatic hydroxyl groups is 1. The number of hydrogen-bond acceptors (Lipinski definition) is 9. The SMILES string of the molecule is COCc1nnc(NC(=O)CN2C[C@@H](CS(=O)(=O)N(C)C)[C@@H](O)C2)s1. The normalized spacial score (nSPS) is 21.8. The van der Waals surface area contributed by atoms with Crippen LogP contribution >= 0.6 is 11.3 Å². The molecular formula is C13H23N5O5S2. The van der Waals surface area contributed by atoms with Gasteiger partial charge in [-0.2, -0.15) is 0 Å². The summed E-state index contributed by atoms with van der Waals surface area (Å²) < 4.78 is 30.0. The van der Waals surface area contributed by atoms with Gasteiger partial charge in [0, 0.05) is 40.2 Å². The Bertz CT molecular complexity index is 693. The van der Waals surface area contributed by atoms with Gasteiger partial charge < -0.3 is 9.84 Å². The first-order chi connectivity index (χ1) is 11.7. The van der Waals surface area contributed by atoms with Gasteiger partial charge in [-0.15, -0.1) is 10.2 Å². The number of sulfonamides is 1. The quantitative estimate of drug-likeness (QED) is 0.565. The molecule has 2 rings (SSSR count). The van der Waals surface area contributed by atoms with Crippen LogP contribution < -0.4 is 5.32 Å². The summed E-state index contributed by atoms with van der Waals surface area (Å²) >= 11 is 1.22. The van der Waals surface area contributed by atoms with Crippen LogP contribution in [-0.2, 0) is 26.2 Å². The Kier molecular flexibility index (Phi) is 6.82. The lowest BCUT2D eigenvalue weighted by Gasteiger charge is -2.17. The van der Waals surface area contributed by atoms with Gasteiger partial charge in [0.05, 0.1) is 18.4 Å². The van der Waals surface area contributed by atoms with Gasteiger partial charge in [0.1, 0.15) is 11.6 Å². The third kappa shape index (κ3) is 5.66. The monoisotopic (exact) mass is 393 g/mol. The number of carbonyl (C=O) groups excluding carboxylic acids is 1. The number of rotatable bonds is 8. The molecule has 2 atom stereocenters. The zero-order valence-corrected chi connectivity index (χ0v) is 16.0. The van der Waals surface area contributed by atoms with E-state index in [0.29, 0.717) is 23.3 Å². The number of likely N-dealkylation sites (tertiary alicyclic amines) is 1. The maximum atomic E-state index is 12.1. The molecule has 10 nitrogen and oxygen atoms in total. The van der Waals surface area contributed by atoms with E-state index in [4.69, 9.17) is 4.74 Å². The van der Waals surface area contributed by atoms with Crippen molar-refractivity contribution in [1.82, 2.24) is 19.4 Å². The minimum atomic E-state index is -3.40. The van der Waals surface area contributed by atoms with Crippen LogP contribution in [0, 0.1) is 5.92 Å². The van der Waals surface area contributed by atoms with E-state index in [2.05, 4.69) is 15.5 Å². The van der Waals surface area contributed by atoms with E-state index in [-0.39, 0.29) is 24.7 Å². The molecule has 12 heteroatoms. The van der Waals surface area contributed by atoms with E-state index >= 15 is 0 Å². The molecule has 1 aromatic rings. The summed E-state index contributed by atoms with van der Waals surface area (Å²) in [5, 5.41) is 21.5. The zero-order valence-electron chi connectivity index (χ0n) is 14.4. The van der Waals surface area contributed by atoms with Gasteiger partial charge in [-0.1, -0.05) is 11.3 Å². The molecule has 2 N–H and O–H groups in total. The van der Waals surface area contributed by atoms with Crippen LogP contribution in [0.5, 0.6) is 0 Å². The fourth-order valence-electron chi connectivity index (χ4n) is 2.50. The highest BCUT2D eigenvalue weighted by molar-refractivity contribution is 7.89. The second kappa shape index (κ2) is 8.47. The lowest BCUT2D eigenvalue weighted by molar-refractivity contribution is -0.117. The summed E-state index contributed by atoms with van der Waals surface area (Å²) in [6, 6.07) is 0. The Hall–Kier alpha value is -1.18. The number of hydrogen-bond donors (Lipinski definition) is 2. The maximum Gasteiger partial charge on any atom is 0.240 e. The number of aliphatic hydroxyl groups excluding tert-OH is 1. The zero-order chi connectivity index (χ0) is 18.6. The molecule has 0 aromatic carbocycles. The Balaban J connectivity index is 1.85. The lowest BCUT2D eigenvalue weighted by atomic mass is 10.1. The van der Waals surface area contributed by atoms with Gasteiger partial charge in [0.25, 0.3) is 0 Å². The molecule has 1 saturated heterocycles. The summed E-state index contributed by atoms with van der Waals surface area (Å²) in [6.45, 7) is 0.974. The van der Waals surface area contributed by atoms with Gasteiger partial charge in [-0.25, -0.2) is 12.7 Å². The standard InChI is InChI=1S/C13H23N5O5S2/c1-17(2)25(21,22)8-9-4-18(5-10(9)19)6-11(20)14-13-16-15-12(24-13)7-23-3/h9-10,19H,4-8H2,1-3H3,(H,14,16,20)/t9-,10-/m0/s1. The molecule has 142 valence electrons. The van der Waals surface area contributed by atoms with Gasteiger partial charge in [-0.3, -0.25) is 15.0 Å². The molecule has 0 spiro atoms. The van der Waals surface area contributed by atoms with E-state index in [0.717, 1.165) is 4.31 Å². The lowest BCUT2D eigenvalue weighted by Crippen LogP contribution is -2.34. The van der Waals surface area contributed by atoms with E-state index in [9.17, 15) is 18.3 Å². The number of nitrogens with one attached hydrogen (secondary N) is 1. The highest BCUT2D eigenvalue weighted by Gasteiger charge is 2.35. The van der Waals surface area contributed by atoms with Crippen molar-refractivity contribution in [2.24, 2.45) is 5.92 Å². The Morgan fingerprint density at radius 3 is 2.80 bits per heavy atom. The van der Waals surface area contributed by atoms with Crippen LogP contribution in [0.1, 0.15) is 5.01 Å². The van der Waals surface area contributed by atoms with Gasteiger partial charge in [-0.05, 0) is 0 Å². The number of nitrogens with zero attached hydrogens (tertiary/aromatic N) is 4. The number of aromatic nitrogens is 2. The predicted molar refractivity (Wildman–Crippen MR) is 92.7 cm³/mol. The van der Waals surface area contributed by atoms with E-state index in [1.807, 2.05) is 0 Å². The van der Waals surface area contributed by atoms with Gasteiger partial charge in [0.15, 0.2) is 0 Å². The van der Waals surface area contributed by atoms with Crippen LogP contribution in [0.3, 0.4) is 0 Å². The van der Waals surface area contributed by atoms with Crippen LogP contribution in [0.4, 0.5) is 5.13 Å². The van der Waals surface area contributed by atoms with E-state index in [1.165, 1.54) is 25.4 Å². The molecule has 0 unspecified atom stereocenters. The average molecular weight is 393 g/mol. The Morgan fingerprint density at radius 2 is 2.16 bits per heavy atom. The fourth-order valence-corrected chi connectivity index (χ4v) is 4.40. The van der Waals surface area contributed by atoms with Gasteiger partial charge >= 0.3 is 0 Å². The van der Waals surface area contributed by atoms with Crippen molar-refractivity contribution < 1.29 is 23.1 Å². The second-order valence-electron chi connectivity index (χ2n) is 6.06. The second-order valence-corrected chi connectivity index (χ2v) is 9.35. The van der Waals surface area contributed by atoms with Crippen molar-refractivity contribution in [3.05, 3.63) is 5.01 Å². The molecule has 0 bridgehead atoms. The average Bonchev–Trinajstić information content (AvgIpc) is 3.06. The molecule has 1 aliphatic heterocycles. The summed E-state index contributed by atoms with van der Waals surface area (Å²) in [5.41, 5.74) is 0. The molecule has 0 radical (unpaired) electrons. The molecule has 2 heterocycles. The molecule has 25 heavy (non-hydrogen) atoms. The van der Waals surface area contributed by atoms with Crippen LogP contribution in [0.2, 0.25) is 0 Å². The number of β-amino-alcohol motifs (C(OH)–C–C–N with tert-alkyl or cyclic N) is 1. The number of carbonyl (C=O) groups is 1. The van der Waals surface area contributed by atoms with Crippen molar-refractivity contribution in [2.45, 2.75) is 12.7 Å². The number of methoxy groups -OCH3 is 1. The molecule has 1 aromatic heterocycles. The number of anilines is 1. The van der Waals surface area contributed by atoms with Gasteiger partial charge in [0.2, 0.25) is 21.1 Å². The van der Waals surface area contributed by atoms with Crippen LogP contribution in [0.25, 0.3) is 0 Å². The minimum absolute atomic E-state index is 0.0504. The third-order valence-electron chi connectivity index (χ3n) is 3.81. The van der Waals surface area contributed by atoms with E-state index < -0.39 is 22.0 Å². The first-order valence-corrected chi connectivity index (χ1v) is 10.1. The van der Waals surface area contributed by atoms with Crippen molar-refractivity contribution in [3.8, 4) is 0 Å². The highest BCUT2D eigenvalue weighted by Crippen LogP contribution is 2.20. The summed E-state index contributed by atoms with van der Waals surface area (Å²) in [7, 11) is 1.07. The Labute approximate surface area is 150 Å². The first-order valence-electron chi connectivity index (χ1n) is 7.63. The maximum absolute atomic E-state index is 12.1.